The Labute approximate surface area is 168 Å². The predicted molar refractivity (Wildman–Crippen MR) is 115 cm³/mol. The van der Waals surface area contributed by atoms with Gasteiger partial charge in [-0.15, -0.1) is 24.0 Å². The molecule has 3 N–H and O–H groups in total. The van der Waals surface area contributed by atoms with Crippen molar-refractivity contribution in [3.8, 4) is 0 Å². The molecular weight excluding hydrogens is 427 g/mol. The monoisotopic (exact) mass is 458 g/mol. The second-order valence-corrected chi connectivity index (χ2v) is 6.26. The fraction of sp³-hybridized carbons (Fsp3) is 0.579. The van der Waals surface area contributed by atoms with Crippen molar-refractivity contribution in [2.45, 2.75) is 51.5 Å². The molecule has 0 atom stereocenters. The molecule has 1 aromatic carbocycles. The number of rotatable bonds is 7. The molecule has 2 rings (SSSR count). The molecule has 0 radical (unpaired) electrons. The summed E-state index contributed by atoms with van der Waals surface area (Å²) < 4.78 is 0. The van der Waals surface area contributed by atoms with Gasteiger partial charge in [-0.2, -0.15) is 0 Å². The summed E-state index contributed by atoms with van der Waals surface area (Å²) in [5.74, 6) is 0.717. The topological polar surface area (TPSA) is 65.5 Å². The second kappa shape index (κ2) is 13.0. The lowest BCUT2D eigenvalue weighted by molar-refractivity contribution is -0.120. The number of amides is 1. The zero-order chi connectivity index (χ0) is 17.0. The maximum Gasteiger partial charge on any atom is 0.242 e. The first-order valence-electron chi connectivity index (χ1n) is 9.13. The highest BCUT2D eigenvalue weighted by Gasteiger charge is 2.15. The fourth-order valence-corrected chi connectivity index (χ4v) is 2.98. The number of aliphatic imine (C=N–C) groups is 1. The van der Waals surface area contributed by atoms with E-state index in [1.165, 1.54) is 24.8 Å². The Hall–Kier alpha value is -1.31. The second-order valence-electron chi connectivity index (χ2n) is 6.26. The smallest absolute Gasteiger partial charge is 0.242 e. The van der Waals surface area contributed by atoms with Crippen LogP contribution in [0, 0.1) is 0 Å². The summed E-state index contributed by atoms with van der Waals surface area (Å²) in [6, 6.07) is 10.7. The molecule has 1 amide bonds. The lowest BCUT2D eigenvalue weighted by atomic mass is 9.95. The summed E-state index contributed by atoms with van der Waals surface area (Å²) in [5, 5.41) is 9.57. The molecule has 25 heavy (non-hydrogen) atoms. The van der Waals surface area contributed by atoms with Crippen LogP contribution in [-0.2, 0) is 11.2 Å². The van der Waals surface area contributed by atoms with Gasteiger partial charge < -0.3 is 16.0 Å². The van der Waals surface area contributed by atoms with Crippen molar-refractivity contribution in [3.05, 3.63) is 35.9 Å². The Balaban J connectivity index is 0.00000312. The minimum atomic E-state index is 0. The summed E-state index contributed by atoms with van der Waals surface area (Å²) in [6.07, 6.45) is 6.87. The van der Waals surface area contributed by atoms with Gasteiger partial charge >= 0.3 is 0 Å². The van der Waals surface area contributed by atoms with Crippen LogP contribution in [-0.4, -0.2) is 37.5 Å². The third-order valence-electron chi connectivity index (χ3n) is 4.24. The Kier molecular flexibility index (Phi) is 11.3. The molecule has 0 heterocycles. The number of hydrogen-bond acceptors (Lipinski definition) is 2. The van der Waals surface area contributed by atoms with Gasteiger partial charge in [0, 0.05) is 19.1 Å². The van der Waals surface area contributed by atoms with E-state index in [9.17, 15) is 4.79 Å². The van der Waals surface area contributed by atoms with Crippen LogP contribution in [0.3, 0.4) is 0 Å². The van der Waals surface area contributed by atoms with E-state index in [-0.39, 0.29) is 36.4 Å². The number of guanidine groups is 1. The predicted octanol–water partition coefficient (Wildman–Crippen LogP) is 2.85. The Morgan fingerprint density at radius 3 is 2.52 bits per heavy atom. The summed E-state index contributed by atoms with van der Waals surface area (Å²) >= 11 is 0. The Morgan fingerprint density at radius 2 is 1.84 bits per heavy atom. The van der Waals surface area contributed by atoms with E-state index in [2.05, 4.69) is 33.1 Å². The van der Waals surface area contributed by atoms with Crippen LogP contribution < -0.4 is 16.0 Å². The molecule has 1 aromatic rings. The van der Waals surface area contributed by atoms with Gasteiger partial charge in [-0.05, 0) is 31.7 Å². The number of carbonyl (C=O) groups is 1. The Bertz CT molecular complexity index is 515. The van der Waals surface area contributed by atoms with Crippen LogP contribution in [0.4, 0.5) is 0 Å². The molecule has 140 valence electrons. The summed E-state index contributed by atoms with van der Waals surface area (Å²) in [5.41, 5.74) is 1.29. The largest absolute Gasteiger partial charge is 0.357 e. The molecule has 0 aliphatic heterocycles. The van der Waals surface area contributed by atoms with Gasteiger partial charge in [-0.3, -0.25) is 4.79 Å². The minimum Gasteiger partial charge on any atom is -0.357 e. The van der Waals surface area contributed by atoms with Gasteiger partial charge in [0.25, 0.3) is 0 Å². The minimum absolute atomic E-state index is 0. The molecule has 1 aliphatic carbocycles. The molecule has 6 heteroatoms. The van der Waals surface area contributed by atoms with Gasteiger partial charge in [0.1, 0.15) is 6.54 Å². The molecule has 0 bridgehead atoms. The molecular formula is C19H31IN4O. The molecule has 5 nitrogen and oxygen atoms in total. The highest BCUT2D eigenvalue weighted by molar-refractivity contribution is 14.0. The van der Waals surface area contributed by atoms with Crippen molar-refractivity contribution in [2.24, 2.45) is 4.99 Å². The average Bonchev–Trinajstić information content (AvgIpc) is 2.61. The van der Waals surface area contributed by atoms with Crippen molar-refractivity contribution >= 4 is 35.8 Å². The zero-order valence-electron chi connectivity index (χ0n) is 15.1. The van der Waals surface area contributed by atoms with Crippen molar-refractivity contribution in [1.29, 1.82) is 0 Å². The molecule has 1 aliphatic rings. The van der Waals surface area contributed by atoms with E-state index < -0.39 is 0 Å². The highest BCUT2D eigenvalue weighted by atomic mass is 127. The number of halogens is 1. The molecule has 1 fully saturated rings. The first-order valence-corrected chi connectivity index (χ1v) is 9.13. The van der Waals surface area contributed by atoms with E-state index in [0.717, 1.165) is 32.4 Å². The maximum absolute atomic E-state index is 12.0. The van der Waals surface area contributed by atoms with Crippen LogP contribution in [0.1, 0.15) is 44.6 Å². The third-order valence-corrected chi connectivity index (χ3v) is 4.24. The fourth-order valence-electron chi connectivity index (χ4n) is 2.98. The molecule has 0 unspecified atom stereocenters. The maximum atomic E-state index is 12.0. The summed E-state index contributed by atoms with van der Waals surface area (Å²) in [4.78, 5) is 16.4. The van der Waals surface area contributed by atoms with Crippen LogP contribution in [0.2, 0.25) is 0 Å². The van der Waals surface area contributed by atoms with Gasteiger partial charge in [0.05, 0.1) is 0 Å². The molecule has 0 spiro atoms. The Morgan fingerprint density at radius 1 is 1.12 bits per heavy atom. The van der Waals surface area contributed by atoms with Crippen LogP contribution in [0.5, 0.6) is 0 Å². The van der Waals surface area contributed by atoms with Crippen LogP contribution >= 0.6 is 24.0 Å². The molecule has 1 saturated carbocycles. The molecule has 0 aromatic heterocycles. The summed E-state index contributed by atoms with van der Waals surface area (Å²) in [7, 11) is 0. The van der Waals surface area contributed by atoms with Gasteiger partial charge in [-0.25, -0.2) is 4.99 Å². The van der Waals surface area contributed by atoms with E-state index in [4.69, 9.17) is 0 Å². The van der Waals surface area contributed by atoms with Gasteiger partial charge in [-0.1, -0.05) is 49.6 Å². The van der Waals surface area contributed by atoms with Gasteiger partial charge in [0.2, 0.25) is 5.91 Å². The highest BCUT2D eigenvalue weighted by Crippen LogP contribution is 2.17. The van der Waals surface area contributed by atoms with Crippen molar-refractivity contribution in [3.63, 3.8) is 0 Å². The quantitative estimate of drug-likeness (QED) is 0.335. The first kappa shape index (κ1) is 21.7. The van der Waals surface area contributed by atoms with E-state index in [0.29, 0.717) is 12.0 Å². The zero-order valence-corrected chi connectivity index (χ0v) is 17.4. The average molecular weight is 458 g/mol. The van der Waals surface area contributed by atoms with Crippen molar-refractivity contribution in [2.75, 3.05) is 19.6 Å². The van der Waals surface area contributed by atoms with Crippen molar-refractivity contribution in [1.82, 2.24) is 16.0 Å². The van der Waals surface area contributed by atoms with E-state index in [1.54, 1.807) is 0 Å². The number of benzene rings is 1. The van der Waals surface area contributed by atoms with Crippen molar-refractivity contribution < 1.29 is 4.79 Å². The number of hydrogen-bond donors (Lipinski definition) is 3. The van der Waals surface area contributed by atoms with Crippen LogP contribution in [0.15, 0.2) is 35.3 Å². The number of carbonyl (C=O) groups excluding carboxylic acids is 1. The normalized spacial score (nSPS) is 15.2. The van der Waals surface area contributed by atoms with Crippen LogP contribution in [0.25, 0.3) is 0 Å². The summed E-state index contributed by atoms with van der Waals surface area (Å²) in [6.45, 7) is 3.77. The number of nitrogens with zero attached hydrogens (tertiary/aromatic N) is 1. The van der Waals surface area contributed by atoms with Gasteiger partial charge in [0.15, 0.2) is 5.96 Å². The standard InChI is InChI=1S/C19H30N4O.HI/c1-2-20-19(21-14-13-16-9-5-3-6-10-16)22-15-18(24)23-17-11-7-4-8-12-17;/h3,5-6,9-10,17H,2,4,7-8,11-15H2,1H3,(H,23,24)(H2,20,21,22);1H. The number of nitrogens with one attached hydrogen (secondary N) is 3. The lowest BCUT2D eigenvalue weighted by Crippen LogP contribution is -2.41. The third kappa shape index (κ3) is 9.09. The molecule has 0 saturated heterocycles. The lowest BCUT2D eigenvalue weighted by Gasteiger charge is -2.22. The van der Waals surface area contributed by atoms with E-state index >= 15 is 0 Å². The van der Waals surface area contributed by atoms with E-state index in [1.807, 2.05) is 25.1 Å². The SMILES string of the molecule is CCNC(=NCC(=O)NC1CCCCC1)NCCc1ccccc1.I. The first-order chi connectivity index (χ1) is 11.8.